The van der Waals surface area contributed by atoms with E-state index in [2.05, 4.69) is 40.0 Å². The summed E-state index contributed by atoms with van der Waals surface area (Å²) in [4.78, 5) is 8.77. The fourth-order valence-corrected chi connectivity index (χ4v) is 4.49. The second kappa shape index (κ2) is 13.0. The van der Waals surface area contributed by atoms with Crippen LogP contribution in [0.1, 0.15) is 36.2 Å². The minimum absolute atomic E-state index is 0. The van der Waals surface area contributed by atoms with E-state index >= 15 is 0 Å². The second-order valence-corrected chi connectivity index (χ2v) is 8.02. The SMILES string of the molecule is CCNC(=NCc1ccc(OC)c(OC)c1)NCC(c1cccs1)N1CCCC1.I. The Morgan fingerprint density at radius 1 is 1.13 bits per heavy atom. The molecule has 1 fully saturated rings. The molecule has 30 heavy (non-hydrogen) atoms. The van der Waals surface area contributed by atoms with Gasteiger partial charge in [0.05, 0.1) is 26.8 Å². The lowest BCUT2D eigenvalue weighted by molar-refractivity contribution is 0.249. The van der Waals surface area contributed by atoms with Crippen LogP contribution in [0.2, 0.25) is 0 Å². The molecule has 2 N–H and O–H groups in total. The number of hydrogen-bond acceptors (Lipinski definition) is 5. The van der Waals surface area contributed by atoms with Gasteiger partial charge >= 0.3 is 0 Å². The molecule has 8 heteroatoms. The molecule has 0 spiro atoms. The van der Waals surface area contributed by atoms with Crippen LogP contribution >= 0.6 is 35.3 Å². The van der Waals surface area contributed by atoms with Gasteiger partial charge in [-0.1, -0.05) is 12.1 Å². The number of guanidine groups is 1. The number of nitrogens with one attached hydrogen (secondary N) is 2. The van der Waals surface area contributed by atoms with Crippen LogP contribution in [-0.4, -0.2) is 51.3 Å². The number of rotatable bonds is 9. The van der Waals surface area contributed by atoms with E-state index in [0.717, 1.165) is 36.1 Å². The molecule has 0 bridgehead atoms. The largest absolute Gasteiger partial charge is 0.493 e. The van der Waals surface area contributed by atoms with Crippen molar-refractivity contribution < 1.29 is 9.47 Å². The van der Waals surface area contributed by atoms with Gasteiger partial charge in [-0.3, -0.25) is 4.90 Å². The summed E-state index contributed by atoms with van der Waals surface area (Å²) >= 11 is 1.83. The molecule has 166 valence electrons. The Kier molecular flexibility index (Phi) is 10.7. The average molecular weight is 545 g/mol. The Labute approximate surface area is 201 Å². The zero-order valence-electron chi connectivity index (χ0n) is 18.0. The van der Waals surface area contributed by atoms with Crippen LogP contribution < -0.4 is 20.1 Å². The summed E-state index contributed by atoms with van der Waals surface area (Å²) < 4.78 is 10.7. The van der Waals surface area contributed by atoms with Crippen LogP contribution in [0.3, 0.4) is 0 Å². The first-order chi connectivity index (χ1) is 14.2. The summed E-state index contributed by atoms with van der Waals surface area (Å²) in [6.07, 6.45) is 2.57. The van der Waals surface area contributed by atoms with E-state index in [4.69, 9.17) is 14.5 Å². The molecule has 1 aliphatic rings. The van der Waals surface area contributed by atoms with Crippen LogP contribution in [0, 0.1) is 0 Å². The molecule has 1 unspecified atom stereocenters. The van der Waals surface area contributed by atoms with Crippen LogP contribution in [0.15, 0.2) is 40.7 Å². The number of aliphatic imine (C=N–C) groups is 1. The number of nitrogens with zero attached hydrogens (tertiary/aromatic N) is 2. The van der Waals surface area contributed by atoms with Crippen molar-refractivity contribution in [3.05, 3.63) is 46.2 Å². The summed E-state index contributed by atoms with van der Waals surface area (Å²) in [5.41, 5.74) is 1.08. The van der Waals surface area contributed by atoms with Gasteiger partial charge in [-0.15, -0.1) is 35.3 Å². The van der Waals surface area contributed by atoms with Gasteiger partial charge in [-0.25, -0.2) is 4.99 Å². The summed E-state index contributed by atoms with van der Waals surface area (Å²) in [7, 11) is 3.30. The van der Waals surface area contributed by atoms with Gasteiger partial charge in [0.15, 0.2) is 17.5 Å². The van der Waals surface area contributed by atoms with Gasteiger partial charge in [0.25, 0.3) is 0 Å². The maximum absolute atomic E-state index is 5.40. The maximum Gasteiger partial charge on any atom is 0.191 e. The standard InChI is InChI=1S/C22H32N4O2S.HI/c1-4-23-22(24-15-17-9-10-19(27-2)20(14-17)28-3)25-16-18(21-8-7-13-29-21)26-11-5-6-12-26;/h7-10,13-14,18H,4-6,11-12,15-16H2,1-3H3,(H2,23,24,25);1H. The third-order valence-electron chi connectivity index (χ3n) is 5.13. The molecule has 0 amide bonds. The second-order valence-electron chi connectivity index (χ2n) is 7.04. The third kappa shape index (κ3) is 6.75. The molecule has 0 aliphatic carbocycles. The molecule has 1 aromatic heterocycles. The predicted octanol–water partition coefficient (Wildman–Crippen LogP) is 4.28. The molecule has 2 heterocycles. The fraction of sp³-hybridized carbons (Fsp3) is 0.500. The van der Waals surface area contributed by atoms with E-state index in [1.807, 2.05) is 29.5 Å². The monoisotopic (exact) mass is 544 g/mol. The Hall–Kier alpha value is -1.52. The number of thiophene rings is 1. The van der Waals surface area contributed by atoms with Crippen molar-refractivity contribution in [2.75, 3.05) is 40.4 Å². The number of halogens is 1. The number of ether oxygens (including phenoxy) is 2. The quantitative estimate of drug-likeness (QED) is 0.281. The molecular formula is C22H33IN4O2S. The average Bonchev–Trinajstić information content (AvgIpc) is 3.46. The van der Waals surface area contributed by atoms with Crippen molar-refractivity contribution in [1.82, 2.24) is 15.5 Å². The molecule has 2 aromatic rings. The number of likely N-dealkylation sites (tertiary alicyclic amines) is 1. The molecule has 1 aliphatic heterocycles. The predicted molar refractivity (Wildman–Crippen MR) is 136 cm³/mol. The summed E-state index contributed by atoms with van der Waals surface area (Å²) in [5, 5.41) is 9.08. The first-order valence-electron chi connectivity index (χ1n) is 10.3. The molecule has 1 aromatic carbocycles. The lowest BCUT2D eigenvalue weighted by Gasteiger charge is -2.27. The van der Waals surface area contributed by atoms with E-state index in [0.29, 0.717) is 12.6 Å². The Morgan fingerprint density at radius 2 is 1.90 bits per heavy atom. The van der Waals surface area contributed by atoms with E-state index in [1.54, 1.807) is 14.2 Å². The van der Waals surface area contributed by atoms with Crippen molar-refractivity contribution in [2.45, 2.75) is 32.4 Å². The third-order valence-corrected chi connectivity index (χ3v) is 6.10. The van der Waals surface area contributed by atoms with Gasteiger partial charge < -0.3 is 20.1 Å². The number of benzene rings is 1. The lowest BCUT2D eigenvalue weighted by atomic mass is 10.2. The first-order valence-corrected chi connectivity index (χ1v) is 11.1. The smallest absolute Gasteiger partial charge is 0.191 e. The maximum atomic E-state index is 5.40. The molecule has 6 nitrogen and oxygen atoms in total. The van der Waals surface area contributed by atoms with Crippen molar-refractivity contribution in [3.63, 3.8) is 0 Å². The van der Waals surface area contributed by atoms with E-state index in [9.17, 15) is 0 Å². The Balaban J connectivity index is 0.00000320. The highest BCUT2D eigenvalue weighted by Gasteiger charge is 2.24. The van der Waals surface area contributed by atoms with Crippen molar-refractivity contribution in [2.24, 2.45) is 4.99 Å². The van der Waals surface area contributed by atoms with Gasteiger partial charge in [-0.2, -0.15) is 0 Å². The van der Waals surface area contributed by atoms with Gasteiger partial charge in [-0.05, 0) is 62.0 Å². The molecule has 1 atom stereocenters. The minimum atomic E-state index is 0. The minimum Gasteiger partial charge on any atom is -0.493 e. The molecule has 3 rings (SSSR count). The molecule has 0 radical (unpaired) electrons. The highest BCUT2D eigenvalue weighted by molar-refractivity contribution is 14.0. The summed E-state index contributed by atoms with van der Waals surface area (Å²) in [6.45, 7) is 6.67. The van der Waals surface area contributed by atoms with Crippen molar-refractivity contribution >= 4 is 41.3 Å². The highest BCUT2D eigenvalue weighted by Crippen LogP contribution is 2.29. The van der Waals surface area contributed by atoms with E-state index < -0.39 is 0 Å². The van der Waals surface area contributed by atoms with Crippen molar-refractivity contribution in [3.8, 4) is 11.5 Å². The van der Waals surface area contributed by atoms with Crippen LogP contribution in [0.25, 0.3) is 0 Å². The number of hydrogen-bond donors (Lipinski definition) is 2. The first kappa shape index (κ1) is 24.7. The van der Waals surface area contributed by atoms with E-state index in [1.165, 1.54) is 30.8 Å². The Morgan fingerprint density at radius 3 is 2.53 bits per heavy atom. The van der Waals surface area contributed by atoms with Crippen molar-refractivity contribution in [1.29, 1.82) is 0 Å². The topological polar surface area (TPSA) is 58.1 Å². The van der Waals surface area contributed by atoms with E-state index in [-0.39, 0.29) is 24.0 Å². The van der Waals surface area contributed by atoms with Crippen LogP contribution in [0.4, 0.5) is 0 Å². The van der Waals surface area contributed by atoms with Gasteiger partial charge in [0, 0.05) is 18.0 Å². The zero-order valence-corrected chi connectivity index (χ0v) is 21.2. The molecule has 1 saturated heterocycles. The Bertz CT molecular complexity index is 779. The normalized spacial score (nSPS) is 15.4. The zero-order chi connectivity index (χ0) is 20.5. The fourth-order valence-electron chi connectivity index (χ4n) is 3.63. The van der Waals surface area contributed by atoms with Crippen LogP contribution in [-0.2, 0) is 6.54 Å². The number of methoxy groups -OCH3 is 2. The molecular weight excluding hydrogens is 511 g/mol. The summed E-state index contributed by atoms with van der Waals surface area (Å²) in [6, 6.07) is 10.7. The van der Waals surface area contributed by atoms with Gasteiger partial charge in [0.1, 0.15) is 0 Å². The molecule has 0 saturated carbocycles. The summed E-state index contributed by atoms with van der Waals surface area (Å²) in [5.74, 6) is 2.29. The van der Waals surface area contributed by atoms with Gasteiger partial charge in [0.2, 0.25) is 0 Å². The lowest BCUT2D eigenvalue weighted by Crippen LogP contribution is -2.42. The van der Waals surface area contributed by atoms with Crippen LogP contribution in [0.5, 0.6) is 11.5 Å². The highest BCUT2D eigenvalue weighted by atomic mass is 127.